The fourth-order valence-electron chi connectivity index (χ4n) is 2.04. The third-order valence-corrected chi connectivity index (χ3v) is 4.66. The first-order chi connectivity index (χ1) is 8.56. The monoisotopic (exact) mass is 272 g/mol. The number of aromatic amines is 1. The maximum Gasteiger partial charge on any atom is 0.329 e. The van der Waals surface area contributed by atoms with Crippen molar-refractivity contribution < 1.29 is 10.2 Å². The number of thioether (sulfide) groups is 1. The molecule has 1 fully saturated rings. The fraction of sp³-hybridized carbons (Fsp3) is 0.636. The predicted octanol–water partition coefficient (Wildman–Crippen LogP) is -0.544. The predicted molar refractivity (Wildman–Crippen MR) is 68.8 cm³/mol. The average molecular weight is 272 g/mol. The molecular formula is C11H16N2O4S. The molecule has 0 spiro atoms. The van der Waals surface area contributed by atoms with Crippen LogP contribution in [-0.4, -0.2) is 37.7 Å². The van der Waals surface area contributed by atoms with Gasteiger partial charge in [-0.2, -0.15) is 0 Å². The molecule has 18 heavy (non-hydrogen) atoms. The Kier molecular flexibility index (Phi) is 3.94. The molecule has 1 unspecified atom stereocenters. The first kappa shape index (κ1) is 13.4. The van der Waals surface area contributed by atoms with E-state index in [0.29, 0.717) is 18.4 Å². The minimum atomic E-state index is -0.631. The molecule has 0 aromatic carbocycles. The lowest BCUT2D eigenvalue weighted by atomic mass is 10.2. The lowest BCUT2D eigenvalue weighted by molar-refractivity contribution is 0.137. The maximum atomic E-state index is 11.7. The van der Waals surface area contributed by atoms with Gasteiger partial charge in [-0.15, -0.1) is 11.8 Å². The molecule has 1 aromatic rings. The Morgan fingerprint density at radius 3 is 2.83 bits per heavy atom. The molecule has 1 aromatic heterocycles. The third kappa shape index (κ3) is 2.38. The van der Waals surface area contributed by atoms with Crippen LogP contribution in [-0.2, 0) is 6.42 Å². The normalized spacial score (nSPS) is 27.6. The molecule has 1 aliphatic heterocycles. The van der Waals surface area contributed by atoms with Crippen LogP contribution < -0.4 is 11.2 Å². The largest absolute Gasteiger partial charge is 0.395 e. The molecule has 100 valence electrons. The van der Waals surface area contributed by atoms with Gasteiger partial charge >= 0.3 is 5.69 Å². The van der Waals surface area contributed by atoms with Crippen molar-refractivity contribution in [3.63, 3.8) is 0 Å². The summed E-state index contributed by atoms with van der Waals surface area (Å²) in [6, 6.07) is 0. The third-order valence-electron chi connectivity index (χ3n) is 3.12. The van der Waals surface area contributed by atoms with Crippen LogP contribution in [0.25, 0.3) is 0 Å². The van der Waals surface area contributed by atoms with Crippen LogP contribution in [0.3, 0.4) is 0 Å². The molecule has 0 aliphatic carbocycles. The van der Waals surface area contributed by atoms with Crippen molar-refractivity contribution in [1.82, 2.24) is 9.55 Å². The van der Waals surface area contributed by atoms with Crippen LogP contribution in [0, 0.1) is 0 Å². The molecule has 7 heteroatoms. The van der Waals surface area contributed by atoms with E-state index < -0.39 is 11.8 Å². The fourth-order valence-corrected chi connectivity index (χ4v) is 3.42. The van der Waals surface area contributed by atoms with Crippen LogP contribution in [0.2, 0.25) is 0 Å². The van der Waals surface area contributed by atoms with Gasteiger partial charge in [-0.1, -0.05) is 6.92 Å². The Hall–Kier alpha value is -1.05. The number of H-pyrrole nitrogens is 1. The number of nitrogens with zero attached hydrogens (tertiary/aromatic N) is 1. The standard InChI is InChI=1S/C11H16N2O4S/c1-2-6-4-13(11(17)12-10(6)16)9-3-7(15)8(5-14)18-9/h4,7-9,14-15H,2-3,5H2,1H3,(H,12,16,17)/t7?,8-,9+/m0/s1. The van der Waals surface area contributed by atoms with Crippen LogP contribution in [0.4, 0.5) is 0 Å². The second kappa shape index (κ2) is 5.29. The van der Waals surface area contributed by atoms with Crippen LogP contribution >= 0.6 is 11.8 Å². The van der Waals surface area contributed by atoms with Gasteiger partial charge in [0.15, 0.2) is 0 Å². The number of nitrogens with one attached hydrogen (secondary N) is 1. The maximum absolute atomic E-state index is 11.7. The molecule has 3 atom stereocenters. The van der Waals surface area contributed by atoms with E-state index in [9.17, 15) is 14.7 Å². The zero-order valence-electron chi connectivity index (χ0n) is 10.00. The lowest BCUT2D eigenvalue weighted by Crippen LogP contribution is -2.32. The van der Waals surface area contributed by atoms with Gasteiger partial charge in [0.25, 0.3) is 5.56 Å². The second-order valence-corrected chi connectivity index (χ2v) is 5.71. The molecule has 2 rings (SSSR count). The van der Waals surface area contributed by atoms with Crippen molar-refractivity contribution >= 4 is 11.8 Å². The lowest BCUT2D eigenvalue weighted by Gasteiger charge is -2.13. The Morgan fingerprint density at radius 1 is 1.56 bits per heavy atom. The second-order valence-electron chi connectivity index (χ2n) is 4.29. The van der Waals surface area contributed by atoms with E-state index >= 15 is 0 Å². The Labute approximate surface area is 108 Å². The molecule has 0 bridgehead atoms. The Balaban J connectivity index is 2.35. The van der Waals surface area contributed by atoms with Crippen molar-refractivity contribution in [2.24, 2.45) is 0 Å². The van der Waals surface area contributed by atoms with Crippen molar-refractivity contribution in [1.29, 1.82) is 0 Å². The summed E-state index contributed by atoms with van der Waals surface area (Å²) in [4.78, 5) is 25.5. The molecular weight excluding hydrogens is 256 g/mol. The Bertz CT molecular complexity index is 539. The zero-order chi connectivity index (χ0) is 13.3. The number of hydrogen-bond donors (Lipinski definition) is 3. The molecule has 1 aliphatic rings. The summed E-state index contributed by atoms with van der Waals surface area (Å²) in [6.45, 7) is 1.72. The SMILES string of the molecule is CCc1cn([C@H]2CC(O)[C@H](CO)S2)c(=O)[nH]c1=O. The molecule has 0 radical (unpaired) electrons. The van der Waals surface area contributed by atoms with E-state index in [1.165, 1.54) is 16.3 Å². The van der Waals surface area contributed by atoms with Crippen molar-refractivity contribution in [3.8, 4) is 0 Å². The summed E-state index contributed by atoms with van der Waals surface area (Å²) in [7, 11) is 0. The molecule has 0 saturated carbocycles. The number of aromatic nitrogens is 2. The number of rotatable bonds is 3. The van der Waals surface area contributed by atoms with E-state index in [0.717, 1.165) is 0 Å². The highest BCUT2D eigenvalue weighted by atomic mass is 32.2. The molecule has 0 amide bonds. The Morgan fingerprint density at radius 2 is 2.28 bits per heavy atom. The van der Waals surface area contributed by atoms with Gasteiger partial charge in [-0.05, 0) is 6.42 Å². The van der Waals surface area contributed by atoms with E-state index in [-0.39, 0.29) is 22.8 Å². The van der Waals surface area contributed by atoms with Gasteiger partial charge in [0, 0.05) is 18.2 Å². The number of aryl methyl sites for hydroxylation is 1. The van der Waals surface area contributed by atoms with Crippen molar-refractivity contribution in [2.45, 2.75) is 36.5 Å². The number of aliphatic hydroxyl groups excluding tert-OH is 2. The summed E-state index contributed by atoms with van der Waals surface area (Å²) in [5.41, 5.74) is -0.293. The first-order valence-corrected chi connectivity index (χ1v) is 6.79. The van der Waals surface area contributed by atoms with E-state index in [2.05, 4.69) is 4.98 Å². The zero-order valence-corrected chi connectivity index (χ0v) is 10.8. The minimum Gasteiger partial charge on any atom is -0.395 e. The average Bonchev–Trinajstić information content (AvgIpc) is 2.70. The summed E-state index contributed by atoms with van der Waals surface area (Å²) in [6.07, 6.45) is 1.85. The van der Waals surface area contributed by atoms with Gasteiger partial charge in [-0.3, -0.25) is 14.3 Å². The summed E-state index contributed by atoms with van der Waals surface area (Å²) in [5.74, 6) is 0. The van der Waals surface area contributed by atoms with E-state index in [1.807, 2.05) is 6.92 Å². The summed E-state index contributed by atoms with van der Waals surface area (Å²) < 4.78 is 1.43. The number of aliphatic hydroxyl groups is 2. The van der Waals surface area contributed by atoms with Gasteiger partial charge in [0.05, 0.1) is 23.3 Å². The smallest absolute Gasteiger partial charge is 0.329 e. The minimum absolute atomic E-state index is 0.124. The number of hydrogen-bond acceptors (Lipinski definition) is 5. The van der Waals surface area contributed by atoms with E-state index in [4.69, 9.17) is 5.11 Å². The summed E-state index contributed by atoms with van der Waals surface area (Å²) >= 11 is 1.35. The van der Waals surface area contributed by atoms with Crippen molar-refractivity contribution in [2.75, 3.05) is 6.61 Å². The van der Waals surface area contributed by atoms with E-state index in [1.54, 1.807) is 6.20 Å². The van der Waals surface area contributed by atoms with Gasteiger partial charge in [-0.25, -0.2) is 4.79 Å². The molecule has 6 nitrogen and oxygen atoms in total. The highest BCUT2D eigenvalue weighted by molar-refractivity contribution is 8.00. The topological polar surface area (TPSA) is 95.3 Å². The van der Waals surface area contributed by atoms with Gasteiger partial charge in [0.1, 0.15) is 0 Å². The highest BCUT2D eigenvalue weighted by Gasteiger charge is 2.34. The van der Waals surface area contributed by atoms with Gasteiger partial charge < -0.3 is 10.2 Å². The highest BCUT2D eigenvalue weighted by Crippen LogP contribution is 2.40. The summed E-state index contributed by atoms with van der Waals surface area (Å²) in [5, 5.41) is 18.3. The van der Waals surface area contributed by atoms with Gasteiger partial charge in [0.2, 0.25) is 0 Å². The molecule has 3 N–H and O–H groups in total. The first-order valence-electron chi connectivity index (χ1n) is 5.85. The molecule has 1 saturated heterocycles. The molecule has 2 heterocycles. The van der Waals surface area contributed by atoms with Crippen LogP contribution in [0.1, 0.15) is 24.3 Å². The van der Waals surface area contributed by atoms with Crippen LogP contribution in [0.5, 0.6) is 0 Å². The quantitative estimate of drug-likeness (QED) is 0.686. The van der Waals surface area contributed by atoms with Crippen LogP contribution in [0.15, 0.2) is 15.8 Å². The van der Waals surface area contributed by atoms with Crippen molar-refractivity contribution in [3.05, 3.63) is 32.6 Å².